The molecule has 2 aliphatic rings. The number of aliphatic imine (C=N–C) groups is 1. The van der Waals surface area contributed by atoms with Crippen molar-refractivity contribution in [3.63, 3.8) is 0 Å². The van der Waals surface area contributed by atoms with Crippen LogP contribution in [-0.2, 0) is 18.3 Å². The van der Waals surface area contributed by atoms with Gasteiger partial charge >= 0.3 is 0 Å². The van der Waals surface area contributed by atoms with E-state index < -0.39 is 0 Å². The van der Waals surface area contributed by atoms with E-state index >= 15 is 0 Å². The minimum absolute atomic E-state index is 0.533. The highest BCUT2D eigenvalue weighted by molar-refractivity contribution is 5.80. The van der Waals surface area contributed by atoms with E-state index in [-0.39, 0.29) is 0 Å². The Morgan fingerprint density at radius 2 is 1.96 bits per heavy atom. The van der Waals surface area contributed by atoms with Crippen molar-refractivity contribution in [3.05, 3.63) is 11.6 Å². The third-order valence-electron chi connectivity index (χ3n) is 5.55. The molecule has 8 heteroatoms. The Hall–Kier alpha value is -1.67. The van der Waals surface area contributed by atoms with E-state index in [9.17, 15) is 0 Å². The molecule has 2 heterocycles. The smallest absolute Gasteiger partial charge is 0.191 e. The number of aryl methyl sites for hydroxylation is 1. The first-order valence-corrected chi connectivity index (χ1v) is 10.4. The minimum Gasteiger partial charge on any atom is -0.379 e. The number of aromatic nitrogens is 3. The Kier molecular flexibility index (Phi) is 7.89. The predicted molar refractivity (Wildman–Crippen MR) is 107 cm³/mol. The Labute approximate surface area is 162 Å². The number of nitrogens with zero attached hydrogens (tertiary/aromatic N) is 5. The second-order valence-corrected chi connectivity index (χ2v) is 7.60. The normalized spacial score (nSPS) is 20.0. The second kappa shape index (κ2) is 10.6. The molecule has 8 nitrogen and oxygen atoms in total. The molecule has 0 unspecified atom stereocenters. The molecule has 0 bridgehead atoms. The van der Waals surface area contributed by atoms with Gasteiger partial charge < -0.3 is 19.9 Å². The maximum Gasteiger partial charge on any atom is 0.191 e. The quantitative estimate of drug-likeness (QED) is 0.422. The van der Waals surface area contributed by atoms with Crippen molar-refractivity contribution in [1.82, 2.24) is 30.3 Å². The molecule has 0 atom stereocenters. The minimum atomic E-state index is 0.533. The molecule has 0 aromatic carbocycles. The number of rotatable bonds is 7. The van der Waals surface area contributed by atoms with E-state index in [2.05, 4.69) is 25.7 Å². The van der Waals surface area contributed by atoms with Crippen LogP contribution in [0, 0.1) is 6.92 Å². The molecule has 3 rings (SSSR count). The highest BCUT2D eigenvalue weighted by atomic mass is 16.5. The lowest BCUT2D eigenvalue weighted by Gasteiger charge is -2.27. The van der Waals surface area contributed by atoms with Gasteiger partial charge in [0.1, 0.15) is 12.4 Å². The van der Waals surface area contributed by atoms with Crippen LogP contribution >= 0.6 is 0 Å². The van der Waals surface area contributed by atoms with Crippen molar-refractivity contribution >= 4 is 5.96 Å². The van der Waals surface area contributed by atoms with Crippen molar-refractivity contribution < 1.29 is 4.74 Å². The molecule has 2 fully saturated rings. The van der Waals surface area contributed by atoms with Gasteiger partial charge in [-0.05, 0) is 32.7 Å². The van der Waals surface area contributed by atoms with E-state index in [1.807, 2.05) is 18.5 Å². The lowest BCUT2D eigenvalue weighted by molar-refractivity contribution is 0.0376. The third-order valence-corrected chi connectivity index (χ3v) is 5.55. The molecule has 2 N–H and O–H groups in total. The van der Waals surface area contributed by atoms with Crippen LogP contribution in [0.15, 0.2) is 4.99 Å². The standard InChI is InChI=1S/C19H35N7O/c1-16-23-24-18(25(16)2)15-21-19(22-17-7-4-3-5-8-17)20-9-6-10-26-11-13-27-14-12-26/h17H,3-15H2,1-2H3,(H2,20,21,22). The van der Waals surface area contributed by atoms with Gasteiger partial charge in [0.2, 0.25) is 0 Å². The van der Waals surface area contributed by atoms with Crippen LogP contribution in [0.2, 0.25) is 0 Å². The van der Waals surface area contributed by atoms with Crippen molar-refractivity contribution in [2.45, 2.75) is 58.0 Å². The van der Waals surface area contributed by atoms with Gasteiger partial charge in [-0.3, -0.25) is 4.90 Å². The SMILES string of the molecule is Cc1nnc(CN=C(NCCCN2CCOCC2)NC2CCCCC2)n1C. The maximum absolute atomic E-state index is 5.41. The van der Waals surface area contributed by atoms with Crippen LogP contribution in [0.1, 0.15) is 50.2 Å². The van der Waals surface area contributed by atoms with Crippen molar-refractivity contribution in [3.8, 4) is 0 Å². The fraction of sp³-hybridized carbons (Fsp3) is 0.842. The summed E-state index contributed by atoms with van der Waals surface area (Å²) in [5.41, 5.74) is 0. The van der Waals surface area contributed by atoms with Gasteiger partial charge in [-0.2, -0.15) is 0 Å². The fourth-order valence-electron chi connectivity index (χ4n) is 3.67. The summed E-state index contributed by atoms with van der Waals surface area (Å²) in [6.45, 7) is 8.36. The molecule has 27 heavy (non-hydrogen) atoms. The highest BCUT2D eigenvalue weighted by Crippen LogP contribution is 2.17. The number of hydrogen-bond donors (Lipinski definition) is 2. The highest BCUT2D eigenvalue weighted by Gasteiger charge is 2.15. The topological polar surface area (TPSA) is 79.6 Å². The number of ether oxygens (including phenoxy) is 1. The average molecular weight is 378 g/mol. The third kappa shape index (κ3) is 6.46. The average Bonchev–Trinajstić information content (AvgIpc) is 3.03. The second-order valence-electron chi connectivity index (χ2n) is 7.60. The van der Waals surface area contributed by atoms with E-state index in [4.69, 9.17) is 9.73 Å². The molecule has 152 valence electrons. The number of guanidine groups is 1. The first-order chi connectivity index (χ1) is 13.2. The molecule has 1 aliphatic carbocycles. The van der Waals surface area contributed by atoms with Crippen molar-refractivity contribution in [2.24, 2.45) is 12.0 Å². The van der Waals surface area contributed by atoms with Crippen LogP contribution in [0.3, 0.4) is 0 Å². The lowest BCUT2D eigenvalue weighted by atomic mass is 9.96. The van der Waals surface area contributed by atoms with Gasteiger partial charge in [-0.15, -0.1) is 10.2 Å². The predicted octanol–water partition coefficient (Wildman–Crippen LogP) is 1.21. The molecular weight excluding hydrogens is 342 g/mol. The molecule has 1 aliphatic heterocycles. The van der Waals surface area contributed by atoms with E-state index in [0.29, 0.717) is 12.6 Å². The summed E-state index contributed by atoms with van der Waals surface area (Å²) in [5.74, 6) is 2.72. The summed E-state index contributed by atoms with van der Waals surface area (Å²) in [6, 6.07) is 0.533. The van der Waals surface area contributed by atoms with Crippen LogP contribution in [0.5, 0.6) is 0 Å². The zero-order valence-corrected chi connectivity index (χ0v) is 16.9. The van der Waals surface area contributed by atoms with E-state index in [0.717, 1.165) is 63.4 Å². The van der Waals surface area contributed by atoms with Crippen LogP contribution in [-0.4, -0.2) is 71.1 Å². The summed E-state index contributed by atoms with van der Waals surface area (Å²) in [6.07, 6.45) is 7.55. The van der Waals surface area contributed by atoms with Crippen LogP contribution in [0.25, 0.3) is 0 Å². The fourth-order valence-corrected chi connectivity index (χ4v) is 3.67. The molecule has 0 spiro atoms. The van der Waals surface area contributed by atoms with Gasteiger partial charge in [-0.25, -0.2) is 4.99 Å². The van der Waals surface area contributed by atoms with Gasteiger partial charge in [-0.1, -0.05) is 19.3 Å². The first kappa shape index (κ1) is 20.1. The number of nitrogens with one attached hydrogen (secondary N) is 2. The van der Waals surface area contributed by atoms with E-state index in [1.165, 1.54) is 32.1 Å². The summed E-state index contributed by atoms with van der Waals surface area (Å²) in [7, 11) is 1.99. The molecule has 1 saturated carbocycles. The first-order valence-electron chi connectivity index (χ1n) is 10.4. The van der Waals surface area contributed by atoms with Gasteiger partial charge in [0.15, 0.2) is 11.8 Å². The van der Waals surface area contributed by atoms with Crippen molar-refractivity contribution in [2.75, 3.05) is 39.4 Å². The van der Waals surface area contributed by atoms with Gasteiger partial charge in [0, 0.05) is 32.7 Å². The van der Waals surface area contributed by atoms with Crippen LogP contribution in [0.4, 0.5) is 0 Å². The lowest BCUT2D eigenvalue weighted by Crippen LogP contribution is -2.45. The summed E-state index contributed by atoms with van der Waals surface area (Å²) >= 11 is 0. The Bertz CT molecular complexity index is 589. The van der Waals surface area contributed by atoms with Gasteiger partial charge in [0.25, 0.3) is 0 Å². The Morgan fingerprint density at radius 3 is 2.67 bits per heavy atom. The monoisotopic (exact) mass is 377 g/mol. The summed E-state index contributed by atoms with van der Waals surface area (Å²) in [5, 5.41) is 15.5. The number of morpholine rings is 1. The molecule has 0 radical (unpaired) electrons. The molecule has 1 aromatic heterocycles. The molecule has 0 amide bonds. The zero-order chi connectivity index (χ0) is 18.9. The largest absolute Gasteiger partial charge is 0.379 e. The Morgan fingerprint density at radius 1 is 1.19 bits per heavy atom. The summed E-state index contributed by atoms with van der Waals surface area (Å²) in [4.78, 5) is 7.26. The molecular formula is C19H35N7O. The van der Waals surface area contributed by atoms with E-state index in [1.54, 1.807) is 0 Å². The van der Waals surface area contributed by atoms with Gasteiger partial charge in [0.05, 0.1) is 13.2 Å². The van der Waals surface area contributed by atoms with Crippen molar-refractivity contribution in [1.29, 1.82) is 0 Å². The number of hydrogen-bond acceptors (Lipinski definition) is 5. The Balaban J connectivity index is 1.50. The maximum atomic E-state index is 5.41. The summed E-state index contributed by atoms with van der Waals surface area (Å²) < 4.78 is 7.41. The van der Waals surface area contributed by atoms with Crippen LogP contribution < -0.4 is 10.6 Å². The zero-order valence-electron chi connectivity index (χ0n) is 16.9. The molecule has 1 aromatic rings. The molecule has 1 saturated heterocycles.